The smallest absolute Gasteiger partial charge is 0.237 e. The average Bonchev–Trinajstić information content (AvgIpc) is 3.10. The van der Waals surface area contributed by atoms with Gasteiger partial charge in [0.1, 0.15) is 5.75 Å². The second kappa shape index (κ2) is 10.1. The third-order valence-electron chi connectivity index (χ3n) is 4.38. The van der Waals surface area contributed by atoms with Gasteiger partial charge in [-0.05, 0) is 62.4 Å². The third kappa shape index (κ3) is 5.85. The Labute approximate surface area is 185 Å². The van der Waals surface area contributed by atoms with Crippen LogP contribution in [0.15, 0.2) is 53.7 Å². The molecule has 0 aliphatic rings. The number of hydrogen-bond acceptors (Lipinski definition) is 6. The predicted octanol–water partition coefficient (Wildman–Crippen LogP) is 3.96. The molecule has 8 nitrogen and oxygen atoms in total. The summed E-state index contributed by atoms with van der Waals surface area (Å²) in [5.41, 5.74) is 2.29. The fourth-order valence-electron chi connectivity index (χ4n) is 2.83. The number of anilines is 2. The highest BCUT2D eigenvalue weighted by atomic mass is 32.2. The zero-order chi connectivity index (χ0) is 22.4. The molecule has 0 radical (unpaired) electrons. The van der Waals surface area contributed by atoms with Crippen LogP contribution in [0.25, 0.3) is 11.4 Å². The fourth-order valence-corrected chi connectivity index (χ4v) is 3.65. The van der Waals surface area contributed by atoms with E-state index in [1.54, 1.807) is 0 Å². The SMILES string of the molecule is CCOc1ccc(NC(=O)C(C)Sc2nnc(-c3ccc(NC(C)=O)cc3)n2C)cc1. The number of benzene rings is 2. The summed E-state index contributed by atoms with van der Waals surface area (Å²) in [5, 5.41) is 14.4. The van der Waals surface area contributed by atoms with Crippen molar-refractivity contribution in [2.45, 2.75) is 31.2 Å². The molecule has 1 heterocycles. The maximum atomic E-state index is 12.6. The third-order valence-corrected chi connectivity index (χ3v) is 5.52. The van der Waals surface area contributed by atoms with E-state index in [0.717, 1.165) is 11.3 Å². The van der Waals surface area contributed by atoms with Gasteiger partial charge in [-0.15, -0.1) is 10.2 Å². The summed E-state index contributed by atoms with van der Waals surface area (Å²) in [6.45, 7) is 5.81. The van der Waals surface area contributed by atoms with Gasteiger partial charge >= 0.3 is 0 Å². The van der Waals surface area contributed by atoms with Gasteiger partial charge in [0, 0.05) is 30.9 Å². The van der Waals surface area contributed by atoms with Crippen LogP contribution >= 0.6 is 11.8 Å². The number of ether oxygens (including phenoxy) is 1. The Kier molecular flexibility index (Phi) is 7.30. The topological polar surface area (TPSA) is 98.1 Å². The van der Waals surface area contributed by atoms with Gasteiger partial charge in [0.2, 0.25) is 11.8 Å². The maximum Gasteiger partial charge on any atom is 0.237 e. The zero-order valence-electron chi connectivity index (χ0n) is 17.9. The summed E-state index contributed by atoms with van der Waals surface area (Å²) in [6, 6.07) is 14.6. The van der Waals surface area contributed by atoms with Gasteiger partial charge in [0.15, 0.2) is 11.0 Å². The van der Waals surface area contributed by atoms with Gasteiger partial charge in [-0.1, -0.05) is 11.8 Å². The van der Waals surface area contributed by atoms with E-state index in [9.17, 15) is 9.59 Å². The van der Waals surface area contributed by atoms with Crippen LogP contribution in [0.5, 0.6) is 5.75 Å². The summed E-state index contributed by atoms with van der Waals surface area (Å²) in [7, 11) is 1.86. The van der Waals surface area contributed by atoms with E-state index in [1.807, 2.05) is 74.0 Å². The molecule has 0 aliphatic heterocycles. The summed E-state index contributed by atoms with van der Waals surface area (Å²) in [5.74, 6) is 1.19. The summed E-state index contributed by atoms with van der Waals surface area (Å²) >= 11 is 1.33. The lowest BCUT2D eigenvalue weighted by Crippen LogP contribution is -2.22. The summed E-state index contributed by atoms with van der Waals surface area (Å²) < 4.78 is 7.26. The molecule has 1 atom stereocenters. The van der Waals surface area contributed by atoms with Crippen LogP contribution in [0, 0.1) is 0 Å². The molecule has 0 aliphatic carbocycles. The number of amides is 2. The van der Waals surface area contributed by atoms with E-state index >= 15 is 0 Å². The second-order valence-electron chi connectivity index (χ2n) is 6.83. The number of aromatic nitrogens is 3. The molecular weight excluding hydrogens is 414 g/mol. The van der Waals surface area contributed by atoms with Gasteiger partial charge in [-0.25, -0.2) is 0 Å². The molecule has 0 bridgehead atoms. The first-order valence-corrected chi connectivity index (χ1v) is 10.7. The Hall–Kier alpha value is -3.33. The number of nitrogens with one attached hydrogen (secondary N) is 2. The molecule has 1 aromatic heterocycles. The first-order chi connectivity index (χ1) is 14.9. The van der Waals surface area contributed by atoms with E-state index in [1.165, 1.54) is 18.7 Å². The van der Waals surface area contributed by atoms with Crippen molar-refractivity contribution in [2.24, 2.45) is 7.05 Å². The highest BCUT2D eigenvalue weighted by Gasteiger charge is 2.19. The van der Waals surface area contributed by atoms with E-state index in [4.69, 9.17) is 4.74 Å². The normalized spacial score (nSPS) is 11.6. The van der Waals surface area contributed by atoms with Gasteiger partial charge < -0.3 is 19.9 Å². The molecule has 1 unspecified atom stereocenters. The Morgan fingerprint density at radius 1 is 1.03 bits per heavy atom. The molecule has 31 heavy (non-hydrogen) atoms. The van der Waals surface area contributed by atoms with Crippen molar-refractivity contribution >= 4 is 35.0 Å². The van der Waals surface area contributed by atoms with Crippen molar-refractivity contribution in [2.75, 3.05) is 17.2 Å². The largest absolute Gasteiger partial charge is 0.494 e. The Bertz CT molecular complexity index is 1050. The molecule has 0 fully saturated rings. The minimum Gasteiger partial charge on any atom is -0.494 e. The van der Waals surface area contributed by atoms with Crippen LogP contribution in [-0.2, 0) is 16.6 Å². The monoisotopic (exact) mass is 439 g/mol. The molecule has 162 valence electrons. The predicted molar refractivity (Wildman–Crippen MR) is 122 cm³/mol. The molecule has 3 aromatic rings. The van der Waals surface area contributed by atoms with Crippen LogP contribution in [-0.4, -0.2) is 38.4 Å². The van der Waals surface area contributed by atoms with Gasteiger partial charge in [0.25, 0.3) is 0 Å². The zero-order valence-corrected chi connectivity index (χ0v) is 18.7. The van der Waals surface area contributed by atoms with Crippen LogP contribution < -0.4 is 15.4 Å². The first kappa shape index (κ1) is 22.4. The minimum atomic E-state index is -0.371. The fraction of sp³-hybridized carbons (Fsp3) is 0.273. The van der Waals surface area contributed by atoms with E-state index < -0.39 is 0 Å². The number of hydrogen-bond donors (Lipinski definition) is 2. The van der Waals surface area contributed by atoms with Crippen molar-refractivity contribution in [3.05, 3.63) is 48.5 Å². The average molecular weight is 440 g/mol. The molecule has 0 spiro atoms. The van der Waals surface area contributed by atoms with Gasteiger partial charge in [-0.2, -0.15) is 0 Å². The Morgan fingerprint density at radius 3 is 2.26 bits per heavy atom. The van der Waals surface area contributed by atoms with Crippen LogP contribution in [0.1, 0.15) is 20.8 Å². The molecule has 9 heteroatoms. The van der Waals surface area contributed by atoms with Crippen molar-refractivity contribution in [3.63, 3.8) is 0 Å². The summed E-state index contributed by atoms with van der Waals surface area (Å²) in [4.78, 5) is 23.7. The number of rotatable bonds is 8. The summed E-state index contributed by atoms with van der Waals surface area (Å²) in [6.07, 6.45) is 0. The molecule has 2 amide bonds. The number of carbonyl (C=O) groups is 2. The lowest BCUT2D eigenvalue weighted by atomic mass is 10.2. The molecule has 3 rings (SSSR count). The van der Waals surface area contributed by atoms with Crippen molar-refractivity contribution < 1.29 is 14.3 Å². The quantitative estimate of drug-likeness (QED) is 0.516. The van der Waals surface area contributed by atoms with Crippen LogP contribution in [0.4, 0.5) is 11.4 Å². The van der Waals surface area contributed by atoms with Crippen LogP contribution in [0.2, 0.25) is 0 Å². The number of carbonyl (C=O) groups excluding carboxylic acids is 2. The van der Waals surface area contributed by atoms with Crippen molar-refractivity contribution in [1.29, 1.82) is 0 Å². The lowest BCUT2D eigenvalue weighted by molar-refractivity contribution is -0.115. The van der Waals surface area contributed by atoms with Gasteiger partial charge in [0.05, 0.1) is 11.9 Å². The molecule has 2 N–H and O–H groups in total. The molecule has 2 aromatic carbocycles. The van der Waals surface area contributed by atoms with Crippen molar-refractivity contribution in [3.8, 4) is 17.1 Å². The van der Waals surface area contributed by atoms with E-state index in [2.05, 4.69) is 20.8 Å². The van der Waals surface area contributed by atoms with Crippen LogP contribution in [0.3, 0.4) is 0 Å². The van der Waals surface area contributed by atoms with E-state index in [0.29, 0.717) is 29.0 Å². The first-order valence-electron chi connectivity index (χ1n) is 9.85. The number of thioether (sulfide) groups is 1. The highest BCUT2D eigenvalue weighted by molar-refractivity contribution is 8.00. The second-order valence-corrected chi connectivity index (χ2v) is 8.14. The standard InChI is InChI=1S/C22H25N5O3S/c1-5-30-19-12-10-18(11-13-19)24-21(29)14(2)31-22-26-25-20(27(22)4)16-6-8-17(9-7-16)23-15(3)28/h6-14H,5H2,1-4H3,(H,23,28)(H,24,29). The Morgan fingerprint density at radius 2 is 1.65 bits per heavy atom. The lowest BCUT2D eigenvalue weighted by Gasteiger charge is -2.12. The molecular formula is C22H25N5O3S. The minimum absolute atomic E-state index is 0.123. The molecule has 0 saturated carbocycles. The van der Waals surface area contributed by atoms with E-state index in [-0.39, 0.29) is 17.1 Å². The number of nitrogens with zero attached hydrogens (tertiary/aromatic N) is 3. The van der Waals surface area contributed by atoms with Gasteiger partial charge in [-0.3, -0.25) is 9.59 Å². The molecule has 0 saturated heterocycles. The highest BCUT2D eigenvalue weighted by Crippen LogP contribution is 2.27. The van der Waals surface area contributed by atoms with Crippen molar-refractivity contribution in [1.82, 2.24) is 14.8 Å². The maximum absolute atomic E-state index is 12.6. The Balaban J connectivity index is 1.64.